The largest absolute Gasteiger partial charge is 0.489 e. The van der Waals surface area contributed by atoms with Crippen molar-refractivity contribution in [2.24, 2.45) is 7.05 Å². The summed E-state index contributed by atoms with van der Waals surface area (Å²) in [6.45, 7) is 0.904. The molecule has 2 heterocycles. The molecule has 152 valence electrons. The Labute approximate surface area is 174 Å². The van der Waals surface area contributed by atoms with Gasteiger partial charge in [0.1, 0.15) is 12.4 Å². The second-order valence-electron chi connectivity index (χ2n) is 7.77. The van der Waals surface area contributed by atoms with E-state index in [1.807, 2.05) is 35.2 Å². The summed E-state index contributed by atoms with van der Waals surface area (Å²) in [5.74, 6) is 0.697. The van der Waals surface area contributed by atoms with E-state index in [1.165, 1.54) is 0 Å². The second kappa shape index (κ2) is 7.33. The lowest BCUT2D eigenvalue weighted by Gasteiger charge is -2.14. The topological polar surface area (TPSA) is 76.5 Å². The van der Waals surface area contributed by atoms with Crippen molar-refractivity contribution in [1.82, 2.24) is 14.7 Å². The van der Waals surface area contributed by atoms with Crippen LogP contribution in [-0.4, -0.2) is 32.5 Å². The Kier molecular flexibility index (Phi) is 4.50. The number of aromatic nitrogens is 2. The van der Waals surface area contributed by atoms with Crippen molar-refractivity contribution in [2.45, 2.75) is 32.0 Å². The highest BCUT2D eigenvalue weighted by molar-refractivity contribution is 6.07. The predicted octanol–water partition coefficient (Wildman–Crippen LogP) is 3.37. The van der Waals surface area contributed by atoms with E-state index in [0.717, 1.165) is 24.0 Å². The first-order valence-electron chi connectivity index (χ1n) is 10.0. The van der Waals surface area contributed by atoms with Crippen LogP contribution in [0.4, 0.5) is 5.82 Å². The van der Waals surface area contributed by atoms with E-state index in [9.17, 15) is 9.59 Å². The van der Waals surface area contributed by atoms with Crippen LogP contribution in [0.25, 0.3) is 0 Å². The molecule has 1 aliphatic carbocycles. The Hall–Kier alpha value is -3.61. The van der Waals surface area contributed by atoms with Gasteiger partial charge in [-0.2, -0.15) is 5.10 Å². The van der Waals surface area contributed by atoms with E-state index in [2.05, 4.69) is 10.4 Å². The Morgan fingerprint density at radius 3 is 2.70 bits per heavy atom. The SMILES string of the molecule is Cn1ccc(NC(=O)c2cc(OCc3ccccc3)c3c(c2)C(=O)N(C2CC2)C3)n1. The van der Waals surface area contributed by atoms with Gasteiger partial charge >= 0.3 is 0 Å². The summed E-state index contributed by atoms with van der Waals surface area (Å²) >= 11 is 0. The number of carbonyl (C=O) groups excluding carboxylic acids is 2. The van der Waals surface area contributed by atoms with E-state index in [1.54, 1.807) is 36.1 Å². The highest BCUT2D eigenvalue weighted by Gasteiger charge is 2.40. The third-order valence-electron chi connectivity index (χ3n) is 5.47. The Morgan fingerprint density at radius 2 is 2.00 bits per heavy atom. The smallest absolute Gasteiger partial charge is 0.257 e. The van der Waals surface area contributed by atoms with E-state index in [4.69, 9.17) is 4.74 Å². The summed E-state index contributed by atoms with van der Waals surface area (Å²) in [5.41, 5.74) is 2.82. The normalized spacial score (nSPS) is 15.2. The molecule has 1 saturated carbocycles. The molecule has 0 saturated heterocycles. The lowest BCUT2D eigenvalue weighted by atomic mass is 10.0. The third-order valence-corrected chi connectivity index (χ3v) is 5.47. The minimum Gasteiger partial charge on any atom is -0.489 e. The fourth-order valence-corrected chi connectivity index (χ4v) is 3.74. The van der Waals surface area contributed by atoms with E-state index in [0.29, 0.717) is 41.9 Å². The zero-order valence-electron chi connectivity index (χ0n) is 16.7. The molecular formula is C23H22N4O3. The van der Waals surface area contributed by atoms with Gasteiger partial charge in [-0.15, -0.1) is 0 Å². The molecule has 2 aliphatic rings. The molecule has 2 amide bonds. The van der Waals surface area contributed by atoms with Gasteiger partial charge in [0.05, 0.1) is 6.54 Å². The molecule has 3 aromatic rings. The van der Waals surface area contributed by atoms with Gasteiger partial charge in [-0.1, -0.05) is 30.3 Å². The third kappa shape index (κ3) is 3.54. The second-order valence-corrected chi connectivity index (χ2v) is 7.77. The van der Waals surface area contributed by atoms with Gasteiger partial charge in [-0.25, -0.2) is 0 Å². The summed E-state index contributed by atoms with van der Waals surface area (Å²) in [7, 11) is 1.78. The first-order valence-corrected chi connectivity index (χ1v) is 10.0. The van der Waals surface area contributed by atoms with E-state index >= 15 is 0 Å². The predicted molar refractivity (Wildman–Crippen MR) is 111 cm³/mol. The number of aryl methyl sites for hydroxylation is 1. The van der Waals surface area contributed by atoms with Crippen LogP contribution in [0, 0.1) is 0 Å². The molecular weight excluding hydrogens is 380 g/mol. The number of hydrogen-bond donors (Lipinski definition) is 1. The van der Waals surface area contributed by atoms with Crippen LogP contribution in [0.2, 0.25) is 0 Å². The molecule has 0 atom stereocenters. The molecule has 2 aromatic carbocycles. The lowest BCUT2D eigenvalue weighted by molar-refractivity contribution is 0.0766. The summed E-state index contributed by atoms with van der Waals surface area (Å²) in [6, 6.07) is 15.3. The average Bonchev–Trinajstić information content (AvgIpc) is 3.44. The molecule has 7 nitrogen and oxygen atoms in total. The maximum absolute atomic E-state index is 13.0. The van der Waals surface area contributed by atoms with Crippen LogP contribution in [0.15, 0.2) is 54.7 Å². The standard InChI is InChI=1S/C23H22N4O3/c1-26-10-9-21(25-26)24-22(28)16-11-18-19(13-27(23(18)29)17-7-8-17)20(12-16)30-14-15-5-3-2-4-6-15/h2-6,9-12,17H,7-8,13-14H2,1H3,(H,24,25,28). The fourth-order valence-electron chi connectivity index (χ4n) is 3.74. The molecule has 0 spiro atoms. The van der Waals surface area contributed by atoms with Crippen molar-refractivity contribution in [3.8, 4) is 5.75 Å². The maximum Gasteiger partial charge on any atom is 0.257 e. The quantitative estimate of drug-likeness (QED) is 0.686. The highest BCUT2D eigenvalue weighted by atomic mass is 16.5. The summed E-state index contributed by atoms with van der Waals surface area (Å²) in [6.07, 6.45) is 3.82. The Morgan fingerprint density at radius 1 is 1.20 bits per heavy atom. The van der Waals surface area contributed by atoms with Crippen LogP contribution in [0.1, 0.15) is 44.7 Å². The van der Waals surface area contributed by atoms with Crippen molar-refractivity contribution in [3.63, 3.8) is 0 Å². The van der Waals surface area contributed by atoms with Crippen LogP contribution >= 0.6 is 0 Å². The number of anilines is 1. The van der Waals surface area contributed by atoms with Crippen molar-refractivity contribution in [2.75, 3.05) is 5.32 Å². The molecule has 1 fully saturated rings. The Balaban J connectivity index is 1.46. The number of carbonyl (C=O) groups is 2. The van der Waals surface area contributed by atoms with Crippen molar-refractivity contribution < 1.29 is 14.3 Å². The number of benzene rings is 2. The van der Waals surface area contributed by atoms with E-state index in [-0.39, 0.29) is 11.8 Å². The monoisotopic (exact) mass is 402 g/mol. The van der Waals surface area contributed by atoms with E-state index < -0.39 is 0 Å². The van der Waals surface area contributed by atoms with Crippen molar-refractivity contribution in [3.05, 3.63) is 77.0 Å². The molecule has 5 rings (SSSR count). The number of nitrogens with one attached hydrogen (secondary N) is 1. The minimum absolute atomic E-state index is 0.0236. The van der Waals surface area contributed by atoms with Crippen LogP contribution in [0.3, 0.4) is 0 Å². The number of nitrogens with zero attached hydrogens (tertiary/aromatic N) is 3. The molecule has 30 heavy (non-hydrogen) atoms. The van der Waals surface area contributed by atoms with Gasteiger partial charge in [-0.05, 0) is 30.5 Å². The highest BCUT2D eigenvalue weighted by Crippen LogP contribution is 2.39. The van der Waals surface area contributed by atoms with Crippen LogP contribution in [-0.2, 0) is 20.2 Å². The first-order chi connectivity index (χ1) is 14.6. The molecule has 1 aliphatic heterocycles. The van der Waals surface area contributed by atoms with Crippen molar-refractivity contribution >= 4 is 17.6 Å². The maximum atomic E-state index is 13.0. The summed E-state index contributed by atoms with van der Waals surface area (Å²) < 4.78 is 7.71. The molecule has 0 bridgehead atoms. The van der Waals surface area contributed by atoms with Crippen LogP contribution in [0.5, 0.6) is 5.75 Å². The summed E-state index contributed by atoms with van der Waals surface area (Å²) in [5, 5.41) is 6.96. The van der Waals surface area contributed by atoms with Gasteiger partial charge in [-0.3, -0.25) is 14.3 Å². The van der Waals surface area contributed by atoms with Gasteiger partial charge in [0.25, 0.3) is 11.8 Å². The zero-order chi connectivity index (χ0) is 20.7. The number of fused-ring (bicyclic) bond motifs is 1. The van der Waals surface area contributed by atoms with Gasteiger partial charge < -0.3 is 15.0 Å². The molecule has 0 unspecified atom stereocenters. The van der Waals surface area contributed by atoms with Crippen molar-refractivity contribution in [1.29, 1.82) is 0 Å². The molecule has 1 aromatic heterocycles. The number of rotatable bonds is 6. The fraction of sp³-hybridized carbons (Fsp3) is 0.261. The summed E-state index contributed by atoms with van der Waals surface area (Å²) in [4.78, 5) is 27.7. The average molecular weight is 402 g/mol. The first kappa shape index (κ1) is 18.4. The molecule has 0 radical (unpaired) electrons. The van der Waals surface area contributed by atoms with Gasteiger partial charge in [0, 0.05) is 42.0 Å². The zero-order valence-corrected chi connectivity index (χ0v) is 16.7. The number of amides is 2. The Bertz CT molecular complexity index is 1120. The molecule has 7 heteroatoms. The van der Waals surface area contributed by atoms with Gasteiger partial charge in [0.15, 0.2) is 5.82 Å². The lowest BCUT2D eigenvalue weighted by Crippen LogP contribution is -2.26. The molecule has 1 N–H and O–H groups in total. The van der Waals surface area contributed by atoms with Gasteiger partial charge in [0.2, 0.25) is 0 Å². The number of hydrogen-bond acceptors (Lipinski definition) is 4. The number of ether oxygens (including phenoxy) is 1. The van der Waals surface area contributed by atoms with Crippen LogP contribution < -0.4 is 10.1 Å². The minimum atomic E-state index is -0.321.